The molecule has 0 aliphatic heterocycles. The van der Waals surface area contributed by atoms with E-state index in [1.165, 1.54) is 12.4 Å². The van der Waals surface area contributed by atoms with Gasteiger partial charge in [-0.25, -0.2) is 4.98 Å². The van der Waals surface area contributed by atoms with Crippen molar-refractivity contribution < 1.29 is 9.90 Å². The number of hydrogen-bond donors (Lipinski definition) is 0. The third-order valence-electron chi connectivity index (χ3n) is 1.47. The van der Waals surface area contributed by atoms with E-state index in [9.17, 15) is 9.90 Å². The lowest BCUT2D eigenvalue weighted by molar-refractivity contribution is -0.255. The van der Waals surface area contributed by atoms with E-state index in [2.05, 4.69) is 9.97 Å². The summed E-state index contributed by atoms with van der Waals surface area (Å²) < 4.78 is 1.57. The smallest absolute Gasteiger partial charge is 0.156 e. The molecule has 2 aromatic heterocycles. The number of hydrogen-bond acceptors (Lipinski definition) is 4. The Labute approximate surface area is 67.3 Å². The maximum absolute atomic E-state index is 10.4. The van der Waals surface area contributed by atoms with Gasteiger partial charge >= 0.3 is 0 Å². The van der Waals surface area contributed by atoms with Gasteiger partial charge < -0.3 is 14.3 Å². The predicted octanol–water partition coefficient (Wildman–Crippen LogP) is -0.907. The lowest BCUT2D eigenvalue weighted by Crippen LogP contribution is -2.22. The van der Waals surface area contributed by atoms with Gasteiger partial charge in [-0.15, -0.1) is 0 Å². The van der Waals surface area contributed by atoms with Gasteiger partial charge in [0, 0.05) is 18.6 Å². The number of fused-ring (bicyclic) bond motifs is 1. The molecule has 12 heavy (non-hydrogen) atoms. The van der Waals surface area contributed by atoms with E-state index in [-0.39, 0.29) is 5.69 Å². The number of carboxylic acids is 1. The first-order chi connectivity index (χ1) is 5.77. The lowest BCUT2D eigenvalue weighted by Gasteiger charge is -1.90. The number of carbonyl (C=O) groups excluding carboxylic acids is 1. The lowest BCUT2D eigenvalue weighted by atomic mass is 10.5. The summed E-state index contributed by atoms with van der Waals surface area (Å²) in [5.74, 6) is -1.28. The van der Waals surface area contributed by atoms with Gasteiger partial charge in [-0.2, -0.15) is 0 Å². The average molecular weight is 162 g/mol. The van der Waals surface area contributed by atoms with Crippen molar-refractivity contribution in [2.75, 3.05) is 0 Å². The van der Waals surface area contributed by atoms with Crippen molar-refractivity contribution in [3.8, 4) is 0 Å². The molecule has 0 unspecified atom stereocenters. The molecule has 0 amide bonds. The van der Waals surface area contributed by atoms with Crippen molar-refractivity contribution in [2.24, 2.45) is 0 Å². The number of carbonyl (C=O) groups is 1. The third-order valence-corrected chi connectivity index (χ3v) is 1.47. The van der Waals surface area contributed by atoms with Crippen LogP contribution in [-0.4, -0.2) is 20.3 Å². The number of rotatable bonds is 1. The topological polar surface area (TPSA) is 70.3 Å². The fraction of sp³-hybridized carbons (Fsp3) is 0. The number of aromatic nitrogens is 3. The van der Waals surface area contributed by atoms with Crippen LogP contribution >= 0.6 is 0 Å². The van der Waals surface area contributed by atoms with Gasteiger partial charge in [0.15, 0.2) is 5.65 Å². The average Bonchev–Trinajstić information content (AvgIpc) is 2.46. The zero-order valence-corrected chi connectivity index (χ0v) is 5.97. The minimum absolute atomic E-state index is 0.0806. The Hall–Kier alpha value is -1.91. The number of nitrogens with zero attached hydrogens (tertiary/aromatic N) is 3. The van der Waals surface area contributed by atoms with Crippen molar-refractivity contribution in [1.29, 1.82) is 0 Å². The fourth-order valence-corrected chi connectivity index (χ4v) is 0.941. The Bertz CT molecular complexity index is 402. The highest BCUT2D eigenvalue weighted by Crippen LogP contribution is 2.00. The van der Waals surface area contributed by atoms with Gasteiger partial charge in [0.1, 0.15) is 5.69 Å². The van der Waals surface area contributed by atoms with Crippen LogP contribution in [0.15, 0.2) is 24.8 Å². The zero-order chi connectivity index (χ0) is 8.55. The molecule has 0 N–H and O–H groups in total. The van der Waals surface area contributed by atoms with Gasteiger partial charge in [0.05, 0.1) is 12.2 Å². The molecule has 0 aromatic carbocycles. The number of imidazole rings is 1. The Morgan fingerprint density at radius 3 is 3.08 bits per heavy atom. The fourth-order valence-electron chi connectivity index (χ4n) is 0.941. The summed E-state index contributed by atoms with van der Waals surface area (Å²) in [6, 6.07) is 0. The Balaban J connectivity index is 2.70. The summed E-state index contributed by atoms with van der Waals surface area (Å²) in [4.78, 5) is 17.9. The van der Waals surface area contributed by atoms with Crippen molar-refractivity contribution >= 4 is 11.6 Å². The summed E-state index contributed by atoms with van der Waals surface area (Å²) >= 11 is 0. The molecule has 0 aliphatic rings. The van der Waals surface area contributed by atoms with E-state index in [1.807, 2.05) is 0 Å². The van der Waals surface area contributed by atoms with E-state index >= 15 is 0 Å². The molecule has 2 aromatic rings. The Morgan fingerprint density at radius 1 is 1.58 bits per heavy atom. The highest BCUT2D eigenvalue weighted by atomic mass is 16.4. The Morgan fingerprint density at radius 2 is 2.42 bits per heavy atom. The van der Waals surface area contributed by atoms with Gasteiger partial charge in [-0.05, 0) is 0 Å². The van der Waals surface area contributed by atoms with Crippen molar-refractivity contribution in [3.05, 3.63) is 30.5 Å². The number of aromatic carboxylic acids is 1. The molecule has 0 spiro atoms. The molecular weight excluding hydrogens is 158 g/mol. The summed E-state index contributed by atoms with van der Waals surface area (Å²) in [5.41, 5.74) is 0.416. The summed E-state index contributed by atoms with van der Waals surface area (Å²) in [6.45, 7) is 0. The maximum atomic E-state index is 10.4. The quantitative estimate of drug-likeness (QED) is 0.544. The van der Waals surface area contributed by atoms with Gasteiger partial charge in [0.25, 0.3) is 0 Å². The van der Waals surface area contributed by atoms with E-state index in [0.29, 0.717) is 5.65 Å². The van der Waals surface area contributed by atoms with Crippen LogP contribution in [0, 0.1) is 0 Å². The van der Waals surface area contributed by atoms with Crippen LogP contribution in [-0.2, 0) is 0 Å². The third kappa shape index (κ3) is 0.914. The molecule has 60 valence electrons. The van der Waals surface area contributed by atoms with E-state index in [1.54, 1.807) is 16.8 Å². The van der Waals surface area contributed by atoms with Gasteiger partial charge in [-0.3, -0.25) is 4.98 Å². The molecule has 2 rings (SSSR count). The van der Waals surface area contributed by atoms with Crippen LogP contribution in [0.3, 0.4) is 0 Å². The molecule has 0 aliphatic carbocycles. The number of carboxylic acid groups (broad SMARTS) is 1. The molecule has 0 atom stereocenters. The van der Waals surface area contributed by atoms with Crippen LogP contribution in [0.25, 0.3) is 5.65 Å². The van der Waals surface area contributed by atoms with Gasteiger partial charge in [0.2, 0.25) is 0 Å². The maximum Gasteiger partial charge on any atom is 0.156 e. The molecule has 5 heteroatoms. The van der Waals surface area contributed by atoms with E-state index in [4.69, 9.17) is 0 Å². The first-order valence-corrected chi connectivity index (χ1v) is 3.27. The predicted molar refractivity (Wildman–Crippen MR) is 37.3 cm³/mol. The molecule has 2 heterocycles. The monoisotopic (exact) mass is 162 g/mol. The molecule has 0 radical (unpaired) electrons. The SMILES string of the molecule is O=C([O-])c1cn2ccncc2n1. The summed E-state index contributed by atoms with van der Waals surface area (Å²) in [6.07, 6.45) is 6.03. The standard InChI is InChI=1S/C7H5N3O2/c11-7(12)5-4-10-2-1-8-3-6(10)9-5/h1-4H,(H,11,12)/p-1. The minimum Gasteiger partial charge on any atom is -0.543 e. The summed E-state index contributed by atoms with van der Waals surface area (Å²) in [5, 5.41) is 10.4. The molecule has 5 nitrogen and oxygen atoms in total. The van der Waals surface area contributed by atoms with Crippen LogP contribution in [0.2, 0.25) is 0 Å². The molecule has 0 fully saturated rings. The van der Waals surface area contributed by atoms with Crippen molar-refractivity contribution in [3.63, 3.8) is 0 Å². The van der Waals surface area contributed by atoms with Crippen LogP contribution in [0.4, 0.5) is 0 Å². The second-order valence-corrected chi connectivity index (χ2v) is 2.26. The first-order valence-electron chi connectivity index (χ1n) is 3.27. The second kappa shape index (κ2) is 2.30. The zero-order valence-electron chi connectivity index (χ0n) is 5.97. The van der Waals surface area contributed by atoms with Crippen LogP contribution in [0.1, 0.15) is 10.5 Å². The second-order valence-electron chi connectivity index (χ2n) is 2.26. The molecule has 0 bridgehead atoms. The van der Waals surface area contributed by atoms with Crippen LogP contribution in [0.5, 0.6) is 0 Å². The minimum atomic E-state index is -1.28. The van der Waals surface area contributed by atoms with E-state index < -0.39 is 5.97 Å². The van der Waals surface area contributed by atoms with Crippen molar-refractivity contribution in [1.82, 2.24) is 14.4 Å². The van der Waals surface area contributed by atoms with Crippen molar-refractivity contribution in [2.45, 2.75) is 0 Å². The first kappa shape index (κ1) is 6.78. The molecular formula is C7H4N3O2-. The molecule has 0 saturated heterocycles. The Kier molecular flexibility index (Phi) is 1.30. The van der Waals surface area contributed by atoms with Crippen LogP contribution < -0.4 is 5.11 Å². The normalized spacial score (nSPS) is 10.3. The highest BCUT2D eigenvalue weighted by molar-refractivity contribution is 5.84. The molecule has 0 saturated carbocycles. The van der Waals surface area contributed by atoms with E-state index in [0.717, 1.165) is 0 Å². The van der Waals surface area contributed by atoms with Gasteiger partial charge in [-0.1, -0.05) is 0 Å². The summed E-state index contributed by atoms with van der Waals surface area (Å²) in [7, 11) is 0. The highest BCUT2D eigenvalue weighted by Gasteiger charge is 1.99. The largest absolute Gasteiger partial charge is 0.543 e.